The topological polar surface area (TPSA) is 68.0 Å². The molecule has 0 unspecified atom stereocenters. The zero-order chi connectivity index (χ0) is 11.9. The van der Waals surface area contributed by atoms with E-state index < -0.39 is 11.7 Å². The molecule has 0 aliphatic heterocycles. The Morgan fingerprint density at radius 1 is 1.47 bits per heavy atom. The number of nitrogens with two attached hydrogens (primary N) is 1. The number of halogens is 4. The summed E-state index contributed by atoms with van der Waals surface area (Å²) in [4.78, 5) is 12.2. The van der Waals surface area contributed by atoms with Crippen LogP contribution in [0.4, 0.5) is 13.2 Å². The zero-order valence-corrected chi connectivity index (χ0v) is 8.01. The van der Waals surface area contributed by atoms with Crippen LogP contribution in [0.5, 0.6) is 0 Å². The van der Waals surface area contributed by atoms with Crippen LogP contribution in [0, 0.1) is 0 Å². The zero-order valence-electron chi connectivity index (χ0n) is 7.25. The third kappa shape index (κ3) is 5.87. The molecule has 0 aromatic carbocycles. The first-order valence-corrected chi connectivity index (χ1v) is 3.88. The number of aromatic nitrogens is 1. The second kappa shape index (κ2) is 6.20. The number of hydrazine groups is 1. The van der Waals surface area contributed by atoms with Crippen molar-refractivity contribution in [3.63, 3.8) is 0 Å². The van der Waals surface area contributed by atoms with E-state index in [-0.39, 0.29) is 5.15 Å². The van der Waals surface area contributed by atoms with Gasteiger partial charge in [0.1, 0.15) is 5.15 Å². The van der Waals surface area contributed by atoms with Crippen molar-refractivity contribution in [2.75, 3.05) is 0 Å². The molecule has 1 aromatic heterocycles. The highest BCUT2D eigenvalue weighted by molar-refractivity contribution is 6.29. The van der Waals surface area contributed by atoms with Crippen molar-refractivity contribution in [1.29, 1.82) is 0 Å². The van der Waals surface area contributed by atoms with Gasteiger partial charge in [0.25, 0.3) is 0 Å². The first kappa shape index (κ1) is 13.7. The van der Waals surface area contributed by atoms with Crippen molar-refractivity contribution in [2.45, 2.75) is 6.18 Å². The SMILES string of the molecule is FC(F)(F)c1ccc(Cl)nc1.NNC=O. The van der Waals surface area contributed by atoms with Crippen molar-refractivity contribution in [1.82, 2.24) is 10.4 Å². The van der Waals surface area contributed by atoms with Gasteiger partial charge in [-0.15, -0.1) is 0 Å². The molecule has 1 aromatic rings. The van der Waals surface area contributed by atoms with Gasteiger partial charge in [-0.1, -0.05) is 11.6 Å². The van der Waals surface area contributed by atoms with Crippen molar-refractivity contribution in [3.05, 3.63) is 29.0 Å². The normalized spacial score (nSPS) is 9.93. The predicted octanol–water partition coefficient (Wildman–Crippen LogP) is 1.36. The predicted molar refractivity (Wildman–Crippen MR) is 47.6 cm³/mol. The maximum atomic E-state index is 11.8. The van der Waals surface area contributed by atoms with E-state index in [1.165, 1.54) is 0 Å². The quantitative estimate of drug-likeness (QED) is 0.256. The van der Waals surface area contributed by atoms with Crippen LogP contribution in [0.3, 0.4) is 0 Å². The van der Waals surface area contributed by atoms with Gasteiger partial charge in [-0.05, 0) is 12.1 Å². The number of carbonyl (C=O) groups excluding carboxylic acids is 1. The summed E-state index contributed by atoms with van der Waals surface area (Å²) in [5.41, 5.74) is 0.960. The molecule has 0 aliphatic rings. The first-order valence-electron chi connectivity index (χ1n) is 3.50. The molecule has 0 saturated carbocycles. The monoisotopic (exact) mass is 241 g/mol. The maximum absolute atomic E-state index is 11.8. The van der Waals surface area contributed by atoms with Crippen molar-refractivity contribution in [2.24, 2.45) is 5.84 Å². The highest BCUT2D eigenvalue weighted by Gasteiger charge is 2.30. The lowest BCUT2D eigenvalue weighted by atomic mass is 10.3. The molecule has 0 atom stereocenters. The Labute approximate surface area is 88.2 Å². The fraction of sp³-hybridized carbons (Fsp3) is 0.143. The Balaban J connectivity index is 0.000000423. The van der Waals surface area contributed by atoms with E-state index in [1.54, 1.807) is 5.43 Å². The molecular weight excluding hydrogens is 235 g/mol. The fourth-order valence-corrected chi connectivity index (χ4v) is 0.655. The fourth-order valence-electron chi connectivity index (χ4n) is 0.544. The van der Waals surface area contributed by atoms with E-state index in [0.29, 0.717) is 12.6 Å². The van der Waals surface area contributed by atoms with Crippen LogP contribution in [0.25, 0.3) is 0 Å². The molecule has 0 spiro atoms. The molecule has 0 bridgehead atoms. The van der Waals surface area contributed by atoms with Gasteiger partial charge in [-0.2, -0.15) is 13.2 Å². The summed E-state index contributed by atoms with van der Waals surface area (Å²) in [6, 6.07) is 1.99. The molecule has 15 heavy (non-hydrogen) atoms. The van der Waals surface area contributed by atoms with Crippen LogP contribution in [0.2, 0.25) is 5.15 Å². The Morgan fingerprint density at radius 3 is 2.27 bits per heavy atom. The second-order valence-electron chi connectivity index (χ2n) is 2.15. The molecule has 0 saturated heterocycles. The summed E-state index contributed by atoms with van der Waals surface area (Å²) in [5.74, 6) is 4.41. The van der Waals surface area contributed by atoms with Crippen LogP contribution >= 0.6 is 11.6 Å². The second-order valence-corrected chi connectivity index (χ2v) is 2.54. The third-order valence-corrected chi connectivity index (χ3v) is 1.35. The molecule has 0 aliphatic carbocycles. The van der Waals surface area contributed by atoms with Crippen LogP contribution < -0.4 is 11.3 Å². The molecule has 4 nitrogen and oxygen atoms in total. The van der Waals surface area contributed by atoms with E-state index in [9.17, 15) is 13.2 Å². The van der Waals surface area contributed by atoms with Gasteiger partial charge in [0, 0.05) is 6.20 Å². The number of nitrogens with zero attached hydrogens (tertiary/aromatic N) is 1. The van der Waals surface area contributed by atoms with Gasteiger partial charge in [0.05, 0.1) is 5.56 Å². The van der Waals surface area contributed by atoms with Crippen LogP contribution in [0.15, 0.2) is 18.3 Å². The number of rotatable bonds is 1. The Hall–Kier alpha value is -1.34. The molecule has 0 radical (unpaired) electrons. The van der Waals surface area contributed by atoms with E-state index in [2.05, 4.69) is 10.8 Å². The number of pyridine rings is 1. The number of alkyl halides is 3. The van der Waals surface area contributed by atoms with E-state index in [4.69, 9.17) is 16.4 Å². The molecule has 0 fully saturated rings. The molecule has 84 valence electrons. The highest BCUT2D eigenvalue weighted by Crippen LogP contribution is 2.28. The van der Waals surface area contributed by atoms with E-state index in [0.717, 1.165) is 12.1 Å². The summed E-state index contributed by atoms with van der Waals surface area (Å²) in [6.45, 7) is 0. The minimum atomic E-state index is -4.34. The van der Waals surface area contributed by atoms with Gasteiger partial charge in [0.2, 0.25) is 6.41 Å². The van der Waals surface area contributed by atoms with Crippen LogP contribution in [0.1, 0.15) is 5.56 Å². The Morgan fingerprint density at radius 2 is 2.00 bits per heavy atom. The summed E-state index contributed by atoms with van der Waals surface area (Å²) >= 11 is 5.28. The van der Waals surface area contributed by atoms with Gasteiger partial charge < -0.3 is 0 Å². The summed E-state index contributed by atoms with van der Waals surface area (Å²) in [5, 5.41) is 0.0537. The Kier molecular flexibility index (Phi) is 5.65. The Bertz CT molecular complexity index is 301. The average Bonchev–Trinajstić information content (AvgIpc) is 2.17. The summed E-state index contributed by atoms with van der Waals surface area (Å²) in [6.07, 6.45) is -3.24. The van der Waals surface area contributed by atoms with Gasteiger partial charge in [0.15, 0.2) is 0 Å². The molecular formula is C7H7ClF3N3O. The highest BCUT2D eigenvalue weighted by atomic mass is 35.5. The summed E-state index contributed by atoms with van der Waals surface area (Å²) < 4.78 is 35.5. The number of amides is 1. The number of nitrogens with one attached hydrogen (secondary N) is 1. The van der Waals surface area contributed by atoms with Crippen molar-refractivity contribution in [3.8, 4) is 0 Å². The lowest BCUT2D eigenvalue weighted by Gasteiger charge is -2.04. The van der Waals surface area contributed by atoms with Crippen LogP contribution in [-0.2, 0) is 11.0 Å². The number of hydrogen-bond donors (Lipinski definition) is 2. The maximum Gasteiger partial charge on any atom is 0.417 e. The minimum absolute atomic E-state index is 0.0537. The van der Waals surface area contributed by atoms with Crippen molar-refractivity contribution < 1.29 is 18.0 Å². The summed E-state index contributed by atoms with van der Waals surface area (Å²) in [7, 11) is 0. The molecule has 8 heteroatoms. The van der Waals surface area contributed by atoms with Gasteiger partial charge in [-0.25, -0.2) is 10.8 Å². The lowest BCUT2D eigenvalue weighted by Crippen LogP contribution is -2.18. The smallest absolute Gasteiger partial charge is 0.297 e. The van der Waals surface area contributed by atoms with E-state index >= 15 is 0 Å². The largest absolute Gasteiger partial charge is 0.417 e. The van der Waals surface area contributed by atoms with Gasteiger partial charge >= 0.3 is 6.18 Å². The first-order chi connectivity index (χ1) is 6.91. The minimum Gasteiger partial charge on any atom is -0.297 e. The number of hydrogen-bond acceptors (Lipinski definition) is 3. The standard InChI is InChI=1S/C6H3ClF3N.CH4N2O/c7-5-2-1-4(3-11-5)6(8,9)10;2-3-1-4/h1-3H;1H,2H2,(H,3,4). The molecule has 1 rings (SSSR count). The molecule has 1 heterocycles. The molecule has 3 N–H and O–H groups in total. The van der Waals surface area contributed by atoms with Crippen molar-refractivity contribution >= 4 is 18.0 Å². The van der Waals surface area contributed by atoms with E-state index in [1.807, 2.05) is 0 Å². The van der Waals surface area contributed by atoms with Gasteiger partial charge in [-0.3, -0.25) is 10.2 Å². The molecule has 1 amide bonds. The van der Waals surface area contributed by atoms with Crippen LogP contribution in [-0.4, -0.2) is 11.4 Å². The number of carbonyl (C=O) groups is 1. The third-order valence-electron chi connectivity index (χ3n) is 1.12. The average molecular weight is 242 g/mol. The lowest BCUT2D eigenvalue weighted by molar-refractivity contribution is -0.137.